The van der Waals surface area contributed by atoms with Crippen LogP contribution in [0, 0.1) is 0 Å². The first-order chi connectivity index (χ1) is 13.7. The minimum absolute atomic E-state index is 0.0316. The molecule has 154 valence electrons. The van der Waals surface area contributed by atoms with Crippen molar-refractivity contribution in [2.24, 2.45) is 0 Å². The zero-order chi connectivity index (χ0) is 20.8. The van der Waals surface area contributed by atoms with E-state index in [-0.39, 0.29) is 27.7 Å². The summed E-state index contributed by atoms with van der Waals surface area (Å²) in [5, 5.41) is 20.2. The number of carboxylic acid groups (broad SMARTS) is 1. The normalized spacial score (nSPS) is 22.3. The SMILES string of the molecule is O=C(O)C(O)(NS(=O)(=O)c1cccc(Cl)c1)Oc1cccc2c1OC1CCCC21. The predicted octanol–water partition coefficient (Wildman–Crippen LogP) is 2.46. The maximum Gasteiger partial charge on any atom is 0.395 e. The highest BCUT2D eigenvalue weighted by molar-refractivity contribution is 7.89. The number of carbonyl (C=O) groups is 1. The summed E-state index contributed by atoms with van der Waals surface area (Å²) in [6.45, 7) is 0. The Morgan fingerprint density at radius 2 is 2.00 bits per heavy atom. The largest absolute Gasteiger partial charge is 0.486 e. The summed E-state index contributed by atoms with van der Waals surface area (Å²) in [5.74, 6) is -4.75. The molecule has 3 N–H and O–H groups in total. The number of benzene rings is 2. The van der Waals surface area contributed by atoms with Crippen molar-refractivity contribution in [3.8, 4) is 11.5 Å². The Hall–Kier alpha value is -2.33. The molecule has 1 aliphatic heterocycles. The Morgan fingerprint density at radius 1 is 1.24 bits per heavy atom. The number of carboxylic acids is 1. The quantitative estimate of drug-likeness (QED) is 0.591. The van der Waals surface area contributed by atoms with Gasteiger partial charge in [0.2, 0.25) is 10.0 Å². The molecular weight excluding hydrogens is 422 g/mol. The van der Waals surface area contributed by atoms with Crippen molar-refractivity contribution in [3.05, 3.63) is 53.1 Å². The molecular formula is C19H18ClNO7S. The van der Waals surface area contributed by atoms with Crippen LogP contribution < -0.4 is 14.2 Å². The van der Waals surface area contributed by atoms with Crippen molar-refractivity contribution in [1.82, 2.24) is 4.72 Å². The molecule has 2 aromatic rings. The van der Waals surface area contributed by atoms with Crippen molar-refractivity contribution in [2.75, 3.05) is 0 Å². The first-order valence-corrected chi connectivity index (χ1v) is 10.8. The molecule has 0 saturated heterocycles. The average Bonchev–Trinajstić information content (AvgIpc) is 3.23. The van der Waals surface area contributed by atoms with Crippen LogP contribution in [0.25, 0.3) is 0 Å². The zero-order valence-electron chi connectivity index (χ0n) is 15.0. The lowest BCUT2D eigenvalue weighted by Gasteiger charge is -2.26. The number of hydrogen-bond acceptors (Lipinski definition) is 6. The van der Waals surface area contributed by atoms with Gasteiger partial charge in [-0.05, 0) is 43.5 Å². The zero-order valence-corrected chi connectivity index (χ0v) is 16.6. The first-order valence-electron chi connectivity index (χ1n) is 8.93. The molecule has 0 bridgehead atoms. The summed E-state index contributed by atoms with van der Waals surface area (Å²) >= 11 is 5.81. The number of sulfonamides is 1. The molecule has 0 amide bonds. The van der Waals surface area contributed by atoms with Gasteiger partial charge in [0.15, 0.2) is 11.5 Å². The van der Waals surface area contributed by atoms with Crippen LogP contribution in [0.3, 0.4) is 0 Å². The molecule has 1 fully saturated rings. The number of ether oxygens (including phenoxy) is 2. The number of hydrogen-bond donors (Lipinski definition) is 3. The summed E-state index contributed by atoms with van der Waals surface area (Å²) in [6.07, 6.45) is 2.80. The number of halogens is 1. The third-order valence-electron chi connectivity index (χ3n) is 5.06. The molecule has 2 aliphatic rings. The first kappa shape index (κ1) is 20.0. The van der Waals surface area contributed by atoms with E-state index in [0.717, 1.165) is 30.9 Å². The molecule has 1 heterocycles. The standard InChI is InChI=1S/C19H18ClNO7S/c20-11-4-1-5-12(10-11)29(25,26)21-19(24,18(22)23)28-16-9-3-7-14-13-6-2-8-15(13)27-17(14)16/h1,3-5,7,9-10,13,15,21,24H,2,6,8H2,(H,22,23). The lowest BCUT2D eigenvalue weighted by molar-refractivity contribution is -0.197. The number of para-hydroxylation sites is 1. The Labute approximate surface area is 172 Å². The molecule has 29 heavy (non-hydrogen) atoms. The van der Waals surface area contributed by atoms with Crippen LogP contribution in [0.5, 0.6) is 11.5 Å². The van der Waals surface area contributed by atoms with Gasteiger partial charge in [0.25, 0.3) is 0 Å². The molecule has 10 heteroatoms. The van der Waals surface area contributed by atoms with Gasteiger partial charge in [0, 0.05) is 16.5 Å². The van der Waals surface area contributed by atoms with Gasteiger partial charge in [0.05, 0.1) is 4.90 Å². The lowest BCUT2D eigenvalue weighted by atomic mass is 9.97. The summed E-state index contributed by atoms with van der Waals surface area (Å²) < 4.78 is 38.0. The van der Waals surface area contributed by atoms with Crippen LogP contribution in [-0.2, 0) is 14.8 Å². The topological polar surface area (TPSA) is 122 Å². The van der Waals surface area contributed by atoms with E-state index < -0.39 is 21.9 Å². The minimum atomic E-state index is -4.47. The number of nitrogens with one attached hydrogen (secondary N) is 1. The summed E-state index contributed by atoms with van der Waals surface area (Å²) in [6, 6.07) is 10.1. The van der Waals surface area contributed by atoms with E-state index >= 15 is 0 Å². The van der Waals surface area contributed by atoms with Crippen molar-refractivity contribution in [1.29, 1.82) is 0 Å². The maximum absolute atomic E-state index is 12.6. The van der Waals surface area contributed by atoms with Crippen LogP contribution in [0.1, 0.15) is 30.7 Å². The third kappa shape index (κ3) is 3.66. The predicted molar refractivity (Wildman–Crippen MR) is 102 cm³/mol. The molecule has 2 aromatic carbocycles. The Morgan fingerprint density at radius 3 is 2.72 bits per heavy atom. The fourth-order valence-electron chi connectivity index (χ4n) is 3.75. The highest BCUT2D eigenvalue weighted by Crippen LogP contribution is 2.51. The van der Waals surface area contributed by atoms with Crippen molar-refractivity contribution >= 4 is 27.6 Å². The van der Waals surface area contributed by atoms with Crippen LogP contribution in [-0.4, -0.2) is 36.6 Å². The highest BCUT2D eigenvalue weighted by Gasteiger charge is 2.46. The van der Waals surface area contributed by atoms with Gasteiger partial charge < -0.3 is 19.7 Å². The monoisotopic (exact) mass is 439 g/mol. The maximum atomic E-state index is 12.6. The average molecular weight is 440 g/mol. The van der Waals surface area contributed by atoms with Crippen LogP contribution in [0.2, 0.25) is 5.02 Å². The highest BCUT2D eigenvalue weighted by atomic mass is 35.5. The van der Waals surface area contributed by atoms with Crippen LogP contribution >= 0.6 is 11.6 Å². The molecule has 3 atom stereocenters. The second-order valence-electron chi connectivity index (χ2n) is 6.98. The fraction of sp³-hybridized carbons (Fsp3) is 0.316. The molecule has 0 spiro atoms. The van der Waals surface area contributed by atoms with E-state index in [1.54, 1.807) is 10.8 Å². The van der Waals surface area contributed by atoms with Crippen molar-refractivity contribution in [3.63, 3.8) is 0 Å². The summed E-state index contributed by atoms with van der Waals surface area (Å²) in [4.78, 5) is 11.4. The van der Waals surface area contributed by atoms with Gasteiger partial charge in [-0.15, -0.1) is 4.72 Å². The van der Waals surface area contributed by atoms with Gasteiger partial charge in [-0.3, -0.25) is 0 Å². The summed E-state index contributed by atoms with van der Waals surface area (Å²) in [7, 11) is -4.47. The van der Waals surface area contributed by atoms with Gasteiger partial charge in [0.1, 0.15) is 6.10 Å². The number of fused-ring (bicyclic) bond motifs is 3. The molecule has 8 nitrogen and oxygen atoms in total. The van der Waals surface area contributed by atoms with Crippen molar-refractivity contribution in [2.45, 2.75) is 42.1 Å². The minimum Gasteiger partial charge on any atom is -0.486 e. The Balaban J connectivity index is 1.65. The van der Waals surface area contributed by atoms with Crippen LogP contribution in [0.4, 0.5) is 0 Å². The Bertz CT molecular complexity index is 1070. The molecule has 4 rings (SSSR count). The molecule has 1 aliphatic carbocycles. The summed E-state index contributed by atoms with van der Waals surface area (Å²) in [5.41, 5.74) is 0.857. The van der Waals surface area contributed by atoms with E-state index in [4.69, 9.17) is 21.1 Å². The van der Waals surface area contributed by atoms with Crippen molar-refractivity contribution < 1.29 is 32.9 Å². The lowest BCUT2D eigenvalue weighted by Crippen LogP contribution is -2.58. The molecule has 1 saturated carbocycles. The van der Waals surface area contributed by atoms with E-state index in [9.17, 15) is 23.4 Å². The second-order valence-corrected chi connectivity index (χ2v) is 9.10. The van der Waals surface area contributed by atoms with Gasteiger partial charge in [-0.1, -0.05) is 29.8 Å². The third-order valence-corrected chi connectivity index (χ3v) is 6.71. The second kappa shape index (κ2) is 7.17. The fourth-order valence-corrected chi connectivity index (χ4v) is 5.15. The smallest absolute Gasteiger partial charge is 0.395 e. The van der Waals surface area contributed by atoms with Crippen LogP contribution in [0.15, 0.2) is 47.4 Å². The van der Waals surface area contributed by atoms with Gasteiger partial charge in [-0.2, -0.15) is 0 Å². The van der Waals surface area contributed by atoms with Gasteiger partial charge in [-0.25, -0.2) is 13.2 Å². The van der Waals surface area contributed by atoms with E-state index in [0.29, 0.717) is 5.75 Å². The molecule has 0 aromatic heterocycles. The number of aliphatic hydroxyl groups is 1. The molecule has 3 unspecified atom stereocenters. The number of rotatable bonds is 6. The van der Waals surface area contributed by atoms with E-state index in [2.05, 4.69) is 0 Å². The van der Waals surface area contributed by atoms with Gasteiger partial charge >= 0.3 is 11.9 Å². The number of aliphatic carboxylic acids is 1. The molecule has 0 radical (unpaired) electrons. The van der Waals surface area contributed by atoms with E-state index in [1.165, 1.54) is 24.3 Å². The van der Waals surface area contributed by atoms with E-state index in [1.807, 2.05) is 6.07 Å². The Kier molecular flexibility index (Phi) is 4.94.